The van der Waals surface area contributed by atoms with Crippen molar-refractivity contribution in [2.24, 2.45) is 0 Å². The first-order chi connectivity index (χ1) is 12.2. The van der Waals surface area contributed by atoms with E-state index < -0.39 is 9.84 Å². The molecule has 0 aliphatic rings. The first-order valence-electron chi connectivity index (χ1n) is 8.56. The summed E-state index contributed by atoms with van der Waals surface area (Å²) in [5.74, 6) is -0.285. The fraction of sp³-hybridized carbons (Fsp3) is 0.350. The van der Waals surface area contributed by atoms with E-state index in [9.17, 15) is 13.2 Å². The van der Waals surface area contributed by atoms with Crippen LogP contribution >= 0.6 is 0 Å². The Balaban J connectivity index is 2.12. The second-order valence-corrected chi connectivity index (χ2v) is 8.60. The van der Waals surface area contributed by atoms with Crippen LogP contribution in [0.2, 0.25) is 0 Å². The van der Waals surface area contributed by atoms with Gasteiger partial charge in [-0.1, -0.05) is 37.3 Å². The van der Waals surface area contributed by atoms with Gasteiger partial charge in [0.1, 0.15) is 0 Å². The summed E-state index contributed by atoms with van der Waals surface area (Å²) < 4.78 is 23.3. The largest absolute Gasteiger partial charge is 0.350 e. The Labute approximate surface area is 156 Å². The molecule has 0 radical (unpaired) electrons. The van der Waals surface area contributed by atoms with E-state index in [1.807, 2.05) is 19.0 Å². The number of hydrogen-bond donors (Lipinski definition) is 1. The van der Waals surface area contributed by atoms with Crippen LogP contribution in [0.3, 0.4) is 0 Å². The first kappa shape index (κ1) is 20.1. The van der Waals surface area contributed by atoms with Gasteiger partial charge in [0.05, 0.1) is 10.9 Å². The summed E-state index contributed by atoms with van der Waals surface area (Å²) in [5, 5.41) is 2.91. The van der Waals surface area contributed by atoms with E-state index in [2.05, 4.69) is 36.5 Å². The van der Waals surface area contributed by atoms with Gasteiger partial charge < -0.3 is 10.2 Å². The van der Waals surface area contributed by atoms with Crippen LogP contribution in [0.4, 0.5) is 0 Å². The lowest BCUT2D eigenvalue weighted by molar-refractivity contribution is 0.0941. The van der Waals surface area contributed by atoms with Gasteiger partial charge >= 0.3 is 0 Å². The summed E-state index contributed by atoms with van der Waals surface area (Å²) >= 11 is 0. The zero-order chi connectivity index (χ0) is 19.3. The maximum Gasteiger partial charge on any atom is 0.251 e. The van der Waals surface area contributed by atoms with Crippen LogP contribution in [0.15, 0.2) is 53.4 Å². The number of rotatable bonds is 7. The van der Waals surface area contributed by atoms with Crippen LogP contribution in [0.1, 0.15) is 34.5 Å². The van der Waals surface area contributed by atoms with Crippen molar-refractivity contribution in [3.05, 3.63) is 65.2 Å². The monoisotopic (exact) mass is 374 g/mol. The van der Waals surface area contributed by atoms with Gasteiger partial charge in [-0.3, -0.25) is 4.79 Å². The number of aryl methyl sites for hydroxylation is 1. The molecular weight excluding hydrogens is 348 g/mol. The number of likely N-dealkylation sites (N-methyl/N-ethyl adjacent to an activating group) is 1. The van der Waals surface area contributed by atoms with Crippen molar-refractivity contribution in [3.63, 3.8) is 0 Å². The maximum atomic E-state index is 12.5. The normalized spacial score (nSPS) is 12.8. The van der Waals surface area contributed by atoms with Crippen LogP contribution in [0.25, 0.3) is 0 Å². The van der Waals surface area contributed by atoms with Gasteiger partial charge in [-0.05, 0) is 49.8 Å². The fourth-order valence-electron chi connectivity index (χ4n) is 2.73. The van der Waals surface area contributed by atoms with Gasteiger partial charge in [-0.15, -0.1) is 0 Å². The van der Waals surface area contributed by atoms with E-state index >= 15 is 0 Å². The molecule has 0 heterocycles. The molecule has 0 fully saturated rings. The Morgan fingerprint density at radius 3 is 2.31 bits per heavy atom. The lowest BCUT2D eigenvalue weighted by atomic mass is 10.0. The highest BCUT2D eigenvalue weighted by Gasteiger charge is 2.17. The molecule has 1 unspecified atom stereocenters. The molecular formula is C20H26N2O3S. The number of benzene rings is 2. The molecule has 1 N–H and O–H groups in total. The van der Waals surface area contributed by atoms with E-state index in [1.54, 1.807) is 12.1 Å². The molecule has 0 bridgehead atoms. The number of amides is 1. The highest BCUT2D eigenvalue weighted by atomic mass is 32.2. The molecule has 0 saturated carbocycles. The first-order valence-corrected chi connectivity index (χ1v) is 10.4. The zero-order valence-electron chi connectivity index (χ0n) is 15.7. The molecule has 0 spiro atoms. The highest BCUT2D eigenvalue weighted by Crippen LogP contribution is 2.19. The molecule has 6 heteroatoms. The van der Waals surface area contributed by atoms with E-state index in [-0.39, 0.29) is 16.8 Å². The topological polar surface area (TPSA) is 66.5 Å². The Hall–Kier alpha value is -2.18. The number of hydrogen-bond acceptors (Lipinski definition) is 4. The van der Waals surface area contributed by atoms with Crippen molar-refractivity contribution < 1.29 is 13.2 Å². The van der Waals surface area contributed by atoms with Gasteiger partial charge in [0.15, 0.2) is 9.84 Å². The van der Waals surface area contributed by atoms with Crippen LogP contribution in [0.5, 0.6) is 0 Å². The van der Waals surface area contributed by atoms with Gasteiger partial charge in [0, 0.05) is 18.4 Å². The Bertz CT molecular complexity index is 859. The van der Waals surface area contributed by atoms with E-state index in [4.69, 9.17) is 0 Å². The average Bonchev–Trinajstić information content (AvgIpc) is 2.61. The summed E-state index contributed by atoms with van der Waals surface area (Å²) in [6.07, 6.45) is 2.12. The minimum Gasteiger partial charge on any atom is -0.350 e. The lowest BCUT2D eigenvalue weighted by Crippen LogP contribution is -2.34. The summed E-state index contributed by atoms with van der Waals surface area (Å²) in [6.45, 7) is 2.55. The van der Waals surface area contributed by atoms with Gasteiger partial charge in [-0.25, -0.2) is 8.42 Å². The maximum absolute atomic E-state index is 12.5. The van der Waals surface area contributed by atoms with E-state index in [0.717, 1.165) is 18.2 Å². The number of nitrogens with one attached hydrogen (secondary N) is 1. The summed E-state index contributed by atoms with van der Waals surface area (Å²) in [5.41, 5.74) is 2.73. The predicted molar refractivity (Wildman–Crippen MR) is 104 cm³/mol. The molecule has 0 aliphatic carbocycles. The smallest absolute Gasteiger partial charge is 0.251 e. The number of nitrogens with zero attached hydrogens (tertiary/aromatic N) is 1. The predicted octanol–water partition coefficient (Wildman–Crippen LogP) is 2.69. The molecule has 0 aromatic heterocycles. The second-order valence-electron chi connectivity index (χ2n) is 6.58. The molecule has 140 valence electrons. The standard InChI is InChI=1S/C20H26N2O3S/c1-5-15-9-11-16(12-10-15)19(22(2)3)14-21-20(23)17-7-6-8-18(13-17)26(4,24)25/h6-13,19H,5,14H2,1-4H3,(H,21,23). The summed E-state index contributed by atoms with van der Waals surface area (Å²) in [4.78, 5) is 14.7. The van der Waals surface area contributed by atoms with Gasteiger partial charge in [0.25, 0.3) is 5.91 Å². The molecule has 2 aromatic rings. The Morgan fingerprint density at radius 1 is 1.12 bits per heavy atom. The second kappa shape index (κ2) is 8.47. The van der Waals surface area contributed by atoms with Crippen LogP contribution in [-0.4, -0.2) is 46.1 Å². The molecule has 26 heavy (non-hydrogen) atoms. The van der Waals surface area contributed by atoms with Crippen molar-refractivity contribution >= 4 is 15.7 Å². The van der Waals surface area contributed by atoms with Crippen molar-refractivity contribution in [2.45, 2.75) is 24.3 Å². The number of carbonyl (C=O) groups excluding carboxylic acids is 1. The number of carbonyl (C=O) groups is 1. The third-order valence-electron chi connectivity index (χ3n) is 4.38. The van der Waals surface area contributed by atoms with E-state index in [0.29, 0.717) is 12.1 Å². The minimum atomic E-state index is -3.34. The van der Waals surface area contributed by atoms with E-state index in [1.165, 1.54) is 17.7 Å². The summed E-state index contributed by atoms with van der Waals surface area (Å²) in [7, 11) is 0.593. The van der Waals surface area contributed by atoms with Crippen LogP contribution in [0, 0.1) is 0 Å². The van der Waals surface area contributed by atoms with Crippen molar-refractivity contribution in [3.8, 4) is 0 Å². The SMILES string of the molecule is CCc1ccc(C(CNC(=O)c2cccc(S(C)(=O)=O)c2)N(C)C)cc1. The Kier molecular flexibility index (Phi) is 6.56. The Morgan fingerprint density at radius 2 is 1.77 bits per heavy atom. The molecule has 0 saturated heterocycles. The molecule has 5 nitrogen and oxygen atoms in total. The third-order valence-corrected chi connectivity index (χ3v) is 5.49. The highest BCUT2D eigenvalue weighted by molar-refractivity contribution is 7.90. The van der Waals surface area contributed by atoms with Gasteiger partial charge in [-0.2, -0.15) is 0 Å². The summed E-state index contributed by atoms with van der Waals surface area (Å²) in [6, 6.07) is 14.5. The zero-order valence-corrected chi connectivity index (χ0v) is 16.5. The average molecular weight is 375 g/mol. The van der Waals surface area contributed by atoms with Gasteiger partial charge in [0.2, 0.25) is 0 Å². The fourth-order valence-corrected chi connectivity index (χ4v) is 3.40. The molecule has 2 aromatic carbocycles. The molecule has 1 amide bonds. The molecule has 2 rings (SSSR count). The van der Waals surface area contributed by atoms with Crippen molar-refractivity contribution in [1.82, 2.24) is 10.2 Å². The van der Waals surface area contributed by atoms with Crippen LogP contribution in [-0.2, 0) is 16.3 Å². The number of sulfone groups is 1. The third kappa shape index (κ3) is 5.16. The van der Waals surface area contributed by atoms with Crippen molar-refractivity contribution in [2.75, 3.05) is 26.9 Å². The lowest BCUT2D eigenvalue weighted by Gasteiger charge is -2.25. The minimum absolute atomic E-state index is 0.0305. The molecule has 1 atom stereocenters. The quantitative estimate of drug-likeness (QED) is 0.809. The molecule has 0 aliphatic heterocycles. The van der Waals surface area contributed by atoms with Crippen molar-refractivity contribution in [1.29, 1.82) is 0 Å². The van der Waals surface area contributed by atoms with Crippen LogP contribution < -0.4 is 5.32 Å².